The van der Waals surface area contributed by atoms with Crippen LogP contribution in [0.4, 0.5) is 0 Å². The Kier molecular flexibility index (Phi) is 13.2. The molecule has 6 rings (SSSR count). The first-order chi connectivity index (χ1) is 28.4. The van der Waals surface area contributed by atoms with E-state index >= 15 is 0 Å². The quantitative estimate of drug-likeness (QED) is 0.0858. The third kappa shape index (κ3) is 9.51. The minimum absolute atomic E-state index is 0.00745. The molecule has 12 heteroatoms. The molecule has 12 nitrogen and oxygen atoms in total. The van der Waals surface area contributed by atoms with Crippen LogP contribution < -0.4 is 9.47 Å². The zero-order chi connectivity index (χ0) is 42.2. The van der Waals surface area contributed by atoms with Crippen molar-refractivity contribution in [1.82, 2.24) is 9.97 Å². The molecule has 2 aliphatic rings. The van der Waals surface area contributed by atoms with E-state index in [1.807, 2.05) is 80.6 Å². The lowest BCUT2D eigenvalue weighted by Crippen LogP contribution is -2.29. The lowest BCUT2D eigenvalue weighted by Gasteiger charge is -2.27. The van der Waals surface area contributed by atoms with Gasteiger partial charge in [0.2, 0.25) is 11.8 Å². The highest BCUT2D eigenvalue weighted by atomic mass is 16.6. The highest BCUT2D eigenvalue weighted by Crippen LogP contribution is 2.44. The number of hydrogen-bond donors (Lipinski definition) is 0. The number of carbonyl (C=O) groups is 5. The number of allylic oxidation sites excluding steroid dienone is 6. The Morgan fingerprint density at radius 3 is 1.64 bits per heavy atom. The maximum atomic E-state index is 14.2. The van der Waals surface area contributed by atoms with Gasteiger partial charge in [0.25, 0.3) is 0 Å². The average Bonchev–Trinajstić information content (AvgIpc) is 3.25. The molecular weight excluding hydrogens is 753 g/mol. The van der Waals surface area contributed by atoms with Gasteiger partial charge in [-0.15, -0.1) is 0 Å². The monoisotopic (exact) mass is 796 g/mol. The lowest BCUT2D eigenvalue weighted by atomic mass is 9.75. The minimum Gasteiger partial charge on any atom is -0.481 e. The van der Waals surface area contributed by atoms with E-state index in [2.05, 4.69) is 16.5 Å². The molecule has 0 aliphatic heterocycles. The van der Waals surface area contributed by atoms with E-state index in [0.29, 0.717) is 39.5 Å². The van der Waals surface area contributed by atoms with Crippen molar-refractivity contribution in [1.29, 1.82) is 0 Å². The number of pyridine rings is 2. The van der Waals surface area contributed by atoms with Gasteiger partial charge in [0.1, 0.15) is 6.61 Å². The number of benzene rings is 2. The topological polar surface area (TPSA) is 157 Å². The number of ether oxygens (including phenoxy) is 5. The van der Waals surface area contributed by atoms with Crippen molar-refractivity contribution in [3.63, 3.8) is 0 Å². The van der Waals surface area contributed by atoms with Crippen molar-refractivity contribution in [2.75, 3.05) is 27.4 Å². The fourth-order valence-electron chi connectivity index (χ4n) is 6.87. The highest BCUT2D eigenvalue weighted by molar-refractivity contribution is 6.24. The number of nitrogens with zero attached hydrogens (tertiary/aromatic N) is 2. The molecule has 0 amide bonds. The van der Waals surface area contributed by atoms with Crippen LogP contribution in [0.15, 0.2) is 120 Å². The Bertz CT molecular complexity index is 2430. The number of Topliss-reactive ketones (excluding diaryl/α,β-unsaturated/α-hetero) is 2. The first kappa shape index (κ1) is 41.8. The molecule has 0 radical (unpaired) electrons. The number of esters is 3. The number of rotatable bonds is 15. The summed E-state index contributed by atoms with van der Waals surface area (Å²) in [4.78, 5) is 74.6. The Hall–Kier alpha value is -6.79. The number of methoxy groups -OCH3 is 2. The second-order valence-electron chi connectivity index (χ2n) is 14.1. The summed E-state index contributed by atoms with van der Waals surface area (Å²) >= 11 is 0. The van der Waals surface area contributed by atoms with Crippen LogP contribution in [0.5, 0.6) is 11.8 Å². The van der Waals surface area contributed by atoms with E-state index < -0.39 is 29.9 Å². The van der Waals surface area contributed by atoms with Crippen molar-refractivity contribution >= 4 is 40.6 Å². The van der Waals surface area contributed by atoms with Crippen LogP contribution >= 0.6 is 0 Å². The van der Waals surface area contributed by atoms with Crippen LogP contribution in [0.25, 0.3) is 11.1 Å². The molecule has 2 heterocycles. The third-order valence-corrected chi connectivity index (χ3v) is 10.0. The summed E-state index contributed by atoms with van der Waals surface area (Å²) in [7, 11) is 2.95. The van der Waals surface area contributed by atoms with E-state index in [9.17, 15) is 24.0 Å². The van der Waals surface area contributed by atoms with Crippen LogP contribution in [0, 0.1) is 0 Å². The Labute approximate surface area is 342 Å². The molecule has 0 bridgehead atoms. The van der Waals surface area contributed by atoms with Crippen molar-refractivity contribution in [2.45, 2.75) is 51.6 Å². The fraction of sp³-hybridized carbons (Fsp3) is 0.255. The molecule has 0 fully saturated rings. The second-order valence-corrected chi connectivity index (χ2v) is 14.1. The van der Waals surface area contributed by atoms with Crippen LogP contribution in [-0.2, 0) is 28.6 Å². The molecule has 0 saturated heterocycles. The number of hydrogen-bond acceptors (Lipinski definition) is 12. The van der Waals surface area contributed by atoms with E-state index in [1.54, 1.807) is 31.4 Å². The summed E-state index contributed by atoms with van der Waals surface area (Å²) in [6.45, 7) is 8.54. The smallest absolute Gasteiger partial charge is 0.333 e. The number of fused-ring (bicyclic) bond motifs is 2. The largest absolute Gasteiger partial charge is 0.481 e. The Morgan fingerprint density at radius 2 is 1.14 bits per heavy atom. The first-order valence-corrected chi connectivity index (χ1v) is 19.0. The SMILES string of the molecule is C=C(C)C(=O)OCC(COC)OC(=O)CCC(=O)Oc1cccc(C(C)C2=C/C(=C3/C=C(C(C)c4cccc(OC)n4)C(=O)c4ccccc43)c3ccccc3C2=O)n1. The summed E-state index contributed by atoms with van der Waals surface area (Å²) in [6.07, 6.45) is 2.28. The molecular formula is C47H44N2O10. The van der Waals surface area contributed by atoms with Crippen molar-refractivity contribution < 1.29 is 47.7 Å². The fourth-order valence-corrected chi connectivity index (χ4v) is 6.87. The van der Waals surface area contributed by atoms with Crippen molar-refractivity contribution in [3.8, 4) is 11.8 Å². The Morgan fingerprint density at radius 1 is 0.644 bits per heavy atom. The highest BCUT2D eigenvalue weighted by Gasteiger charge is 2.33. The predicted molar refractivity (Wildman–Crippen MR) is 219 cm³/mol. The summed E-state index contributed by atoms with van der Waals surface area (Å²) < 4.78 is 26.3. The summed E-state index contributed by atoms with van der Waals surface area (Å²) in [6, 6.07) is 25.2. The molecule has 4 aromatic rings. The van der Waals surface area contributed by atoms with Gasteiger partial charge in [0.15, 0.2) is 17.7 Å². The third-order valence-electron chi connectivity index (χ3n) is 10.0. The van der Waals surface area contributed by atoms with Gasteiger partial charge >= 0.3 is 17.9 Å². The van der Waals surface area contributed by atoms with Crippen LogP contribution in [0.2, 0.25) is 0 Å². The molecule has 3 atom stereocenters. The van der Waals surface area contributed by atoms with Gasteiger partial charge in [-0.25, -0.2) is 14.8 Å². The van der Waals surface area contributed by atoms with Crippen molar-refractivity contribution in [2.24, 2.45) is 0 Å². The van der Waals surface area contributed by atoms with Gasteiger partial charge in [0.05, 0.1) is 37.9 Å². The zero-order valence-corrected chi connectivity index (χ0v) is 33.5. The normalized spacial score (nSPS) is 16.0. The standard InChI is InChI=1S/C47H44N2O10/c1-27(2)47(54)57-26-30(25-55-5)58-43(50)21-22-44(51)59-42-20-12-18-40(49-42)29(4)36-24-38(32-14-8-10-16-34(32)46(36)53)37-23-35(45(52)33-15-9-7-13-31(33)37)28(3)39-17-11-19-41(48-39)56-6/h7-20,23-24,28-30H,1,21-22,25-26H2,2-6H3/b38-37+. The van der Waals surface area contributed by atoms with Crippen LogP contribution in [0.1, 0.15) is 88.7 Å². The maximum absolute atomic E-state index is 14.2. The molecule has 59 heavy (non-hydrogen) atoms. The molecule has 3 unspecified atom stereocenters. The molecule has 2 aliphatic carbocycles. The minimum atomic E-state index is -0.875. The van der Waals surface area contributed by atoms with E-state index in [4.69, 9.17) is 23.7 Å². The summed E-state index contributed by atoms with van der Waals surface area (Å²) in [5.74, 6) is -2.85. The van der Waals surface area contributed by atoms with Gasteiger partial charge < -0.3 is 23.7 Å². The second kappa shape index (κ2) is 18.6. The van der Waals surface area contributed by atoms with Gasteiger partial charge in [0, 0.05) is 58.9 Å². The van der Waals surface area contributed by atoms with Gasteiger partial charge in [-0.3, -0.25) is 19.2 Å². The van der Waals surface area contributed by atoms with Crippen LogP contribution in [0.3, 0.4) is 0 Å². The van der Waals surface area contributed by atoms with Crippen molar-refractivity contribution in [3.05, 3.63) is 154 Å². The van der Waals surface area contributed by atoms with E-state index in [-0.39, 0.29) is 55.0 Å². The molecule has 0 spiro atoms. The lowest BCUT2D eigenvalue weighted by molar-refractivity contribution is -0.161. The number of carbonyl (C=O) groups excluding carboxylic acids is 5. The predicted octanol–water partition coefficient (Wildman–Crippen LogP) is 7.61. The maximum Gasteiger partial charge on any atom is 0.333 e. The average molecular weight is 797 g/mol. The molecule has 302 valence electrons. The number of ketones is 2. The summed E-state index contributed by atoms with van der Waals surface area (Å²) in [5.41, 5.74) is 6.41. The van der Waals surface area contributed by atoms with E-state index in [0.717, 1.165) is 22.3 Å². The van der Waals surface area contributed by atoms with Crippen LogP contribution in [-0.4, -0.2) is 73.0 Å². The summed E-state index contributed by atoms with van der Waals surface area (Å²) in [5, 5.41) is 0. The van der Waals surface area contributed by atoms with Gasteiger partial charge in [-0.1, -0.05) is 81.1 Å². The molecule has 0 saturated carbocycles. The molecule has 0 N–H and O–H groups in total. The molecule has 2 aromatic heterocycles. The van der Waals surface area contributed by atoms with E-state index in [1.165, 1.54) is 20.1 Å². The number of aromatic nitrogens is 2. The van der Waals surface area contributed by atoms with Gasteiger partial charge in [-0.2, -0.15) is 0 Å². The molecule has 2 aromatic carbocycles. The Balaban J connectivity index is 1.27. The van der Waals surface area contributed by atoms with Gasteiger partial charge in [-0.05, 0) is 53.5 Å². The zero-order valence-electron chi connectivity index (χ0n) is 33.5. The first-order valence-electron chi connectivity index (χ1n) is 19.0.